The van der Waals surface area contributed by atoms with Crippen LogP contribution in [0, 0.1) is 12.8 Å². The molecule has 118 valence electrons. The van der Waals surface area contributed by atoms with E-state index in [9.17, 15) is 4.79 Å². The number of amides is 1. The highest BCUT2D eigenvalue weighted by atomic mass is 32.1. The van der Waals surface area contributed by atoms with Gasteiger partial charge >= 0.3 is 0 Å². The van der Waals surface area contributed by atoms with Gasteiger partial charge in [0.1, 0.15) is 4.88 Å². The molecule has 0 bridgehead atoms. The second-order valence-electron chi connectivity index (χ2n) is 5.37. The Morgan fingerprint density at radius 3 is 2.65 bits per heavy atom. The molecule has 23 heavy (non-hydrogen) atoms. The highest BCUT2D eigenvalue weighted by Crippen LogP contribution is 2.32. The quantitative estimate of drug-likeness (QED) is 0.788. The van der Waals surface area contributed by atoms with Crippen LogP contribution in [-0.4, -0.2) is 21.0 Å². The van der Waals surface area contributed by atoms with Crippen molar-refractivity contribution in [2.75, 3.05) is 5.32 Å². The van der Waals surface area contributed by atoms with E-state index in [2.05, 4.69) is 20.4 Å². The first kappa shape index (κ1) is 15.4. The Balaban J connectivity index is 1.87. The molecule has 0 spiro atoms. The average molecular weight is 328 g/mol. The topological polar surface area (TPSA) is 80.9 Å². The summed E-state index contributed by atoms with van der Waals surface area (Å²) in [6.07, 6.45) is 0. The molecule has 0 radical (unpaired) electrons. The van der Waals surface area contributed by atoms with Crippen LogP contribution >= 0.6 is 11.3 Å². The third-order valence-electron chi connectivity index (χ3n) is 3.20. The number of rotatable bonds is 4. The average Bonchev–Trinajstić information content (AvgIpc) is 3.14. The summed E-state index contributed by atoms with van der Waals surface area (Å²) in [5.41, 5.74) is 1.63. The summed E-state index contributed by atoms with van der Waals surface area (Å²) < 4.78 is 5.35. The molecule has 3 rings (SSSR count). The van der Waals surface area contributed by atoms with Gasteiger partial charge in [0, 0.05) is 11.5 Å². The van der Waals surface area contributed by atoms with Crippen molar-refractivity contribution in [3.05, 3.63) is 36.0 Å². The van der Waals surface area contributed by atoms with E-state index < -0.39 is 0 Å². The lowest BCUT2D eigenvalue weighted by molar-refractivity contribution is -0.118. The van der Waals surface area contributed by atoms with Crippen LogP contribution in [0.15, 0.2) is 34.9 Å². The van der Waals surface area contributed by atoms with Crippen LogP contribution in [0.2, 0.25) is 0 Å². The fourth-order valence-electron chi connectivity index (χ4n) is 1.92. The van der Waals surface area contributed by atoms with Crippen molar-refractivity contribution in [2.24, 2.45) is 5.92 Å². The van der Waals surface area contributed by atoms with E-state index in [1.165, 1.54) is 11.3 Å². The lowest BCUT2D eigenvalue weighted by Crippen LogP contribution is -2.17. The number of hydrogen-bond acceptors (Lipinski definition) is 6. The van der Waals surface area contributed by atoms with E-state index in [1.807, 2.05) is 51.1 Å². The van der Waals surface area contributed by atoms with Gasteiger partial charge in [-0.2, -0.15) is 4.98 Å². The summed E-state index contributed by atoms with van der Waals surface area (Å²) in [7, 11) is 0. The number of aryl methyl sites for hydroxylation is 1. The maximum absolute atomic E-state index is 11.8. The molecule has 0 saturated heterocycles. The Morgan fingerprint density at radius 1 is 1.22 bits per heavy atom. The van der Waals surface area contributed by atoms with Crippen LogP contribution in [0.25, 0.3) is 22.2 Å². The highest BCUT2D eigenvalue weighted by Gasteiger charge is 2.18. The number of thiazole rings is 1. The lowest BCUT2D eigenvalue weighted by Gasteiger charge is -2.02. The van der Waals surface area contributed by atoms with Crippen molar-refractivity contribution in [3.63, 3.8) is 0 Å². The van der Waals surface area contributed by atoms with Crippen LogP contribution < -0.4 is 5.32 Å². The highest BCUT2D eigenvalue weighted by molar-refractivity contribution is 7.19. The van der Waals surface area contributed by atoms with Crippen molar-refractivity contribution in [2.45, 2.75) is 20.8 Å². The minimum absolute atomic E-state index is 0.0687. The summed E-state index contributed by atoms with van der Waals surface area (Å²) in [6.45, 7) is 5.52. The summed E-state index contributed by atoms with van der Waals surface area (Å²) >= 11 is 1.33. The number of carbonyl (C=O) groups excluding carboxylic acids is 1. The van der Waals surface area contributed by atoms with E-state index in [0.717, 1.165) is 16.1 Å². The van der Waals surface area contributed by atoms with E-state index >= 15 is 0 Å². The smallest absolute Gasteiger partial charge is 0.270 e. The zero-order valence-electron chi connectivity index (χ0n) is 13.0. The fourth-order valence-corrected chi connectivity index (χ4v) is 2.81. The minimum Gasteiger partial charge on any atom is -0.333 e. The Hall–Kier alpha value is -2.54. The molecular weight excluding hydrogens is 312 g/mol. The number of carbonyl (C=O) groups is 1. The molecule has 3 aromatic rings. The number of nitrogens with zero attached hydrogens (tertiary/aromatic N) is 3. The number of aromatic nitrogens is 3. The lowest BCUT2D eigenvalue weighted by atomic mass is 10.2. The summed E-state index contributed by atoms with van der Waals surface area (Å²) in [5, 5.41) is 7.33. The molecule has 0 unspecified atom stereocenters. The molecule has 0 fully saturated rings. The molecular formula is C16H16N4O2S. The Bertz CT molecular complexity index is 824. The number of anilines is 1. The van der Waals surface area contributed by atoms with E-state index in [0.29, 0.717) is 16.8 Å². The maximum atomic E-state index is 11.8. The summed E-state index contributed by atoms with van der Waals surface area (Å²) in [6, 6.07) is 9.61. The van der Waals surface area contributed by atoms with Crippen molar-refractivity contribution in [3.8, 4) is 22.2 Å². The molecule has 6 nitrogen and oxygen atoms in total. The van der Waals surface area contributed by atoms with Gasteiger partial charge in [-0.05, 0) is 6.92 Å². The van der Waals surface area contributed by atoms with Gasteiger partial charge in [-0.3, -0.25) is 4.79 Å². The van der Waals surface area contributed by atoms with Gasteiger partial charge in [0.05, 0.1) is 5.69 Å². The second kappa shape index (κ2) is 6.29. The van der Waals surface area contributed by atoms with Crippen molar-refractivity contribution in [1.29, 1.82) is 0 Å². The van der Waals surface area contributed by atoms with E-state index in [1.54, 1.807) is 0 Å². The Labute approximate surface area is 137 Å². The van der Waals surface area contributed by atoms with Gasteiger partial charge in [-0.25, -0.2) is 4.98 Å². The predicted molar refractivity (Wildman–Crippen MR) is 89.0 cm³/mol. The van der Waals surface area contributed by atoms with Crippen molar-refractivity contribution < 1.29 is 9.32 Å². The first-order chi connectivity index (χ1) is 11.0. The molecule has 7 heteroatoms. The van der Waals surface area contributed by atoms with Gasteiger partial charge in [0.25, 0.3) is 5.89 Å². The third-order valence-corrected chi connectivity index (χ3v) is 4.26. The van der Waals surface area contributed by atoms with Gasteiger partial charge in [0.2, 0.25) is 11.7 Å². The summed E-state index contributed by atoms with van der Waals surface area (Å²) in [5.74, 6) is 0.765. The zero-order chi connectivity index (χ0) is 16.4. The molecule has 2 aromatic heterocycles. The molecule has 0 atom stereocenters. The predicted octanol–water partition coefficient (Wildman–Crippen LogP) is 3.76. The molecule has 0 aliphatic heterocycles. The number of benzene rings is 1. The van der Waals surface area contributed by atoms with Gasteiger partial charge in [-0.1, -0.05) is 60.7 Å². The first-order valence-corrected chi connectivity index (χ1v) is 8.04. The minimum atomic E-state index is -0.101. The van der Waals surface area contributed by atoms with Crippen LogP contribution in [0.3, 0.4) is 0 Å². The monoisotopic (exact) mass is 328 g/mol. The molecule has 0 aliphatic rings. The van der Waals surface area contributed by atoms with Gasteiger partial charge < -0.3 is 9.84 Å². The van der Waals surface area contributed by atoms with Crippen molar-refractivity contribution in [1.82, 2.24) is 15.1 Å². The summed E-state index contributed by atoms with van der Waals surface area (Å²) in [4.78, 5) is 21.3. The Kier molecular flexibility index (Phi) is 4.20. The first-order valence-electron chi connectivity index (χ1n) is 7.22. The standard InChI is InChI=1S/C16H16N4O2S/c1-9(2)14(21)19-16-17-10(3)12(23-16)15-18-13(20-22-15)11-7-5-4-6-8-11/h4-9H,1-3H3,(H,17,19,21). The van der Waals surface area contributed by atoms with Gasteiger partial charge in [-0.15, -0.1) is 0 Å². The molecule has 2 heterocycles. The Morgan fingerprint density at radius 2 is 1.96 bits per heavy atom. The largest absolute Gasteiger partial charge is 0.333 e. The normalized spacial score (nSPS) is 11.0. The van der Waals surface area contributed by atoms with E-state index in [-0.39, 0.29) is 11.8 Å². The molecule has 0 aliphatic carbocycles. The molecule has 0 saturated carbocycles. The zero-order valence-corrected chi connectivity index (χ0v) is 13.8. The molecule has 1 amide bonds. The SMILES string of the molecule is Cc1nc(NC(=O)C(C)C)sc1-c1nc(-c2ccccc2)no1. The van der Waals surface area contributed by atoms with Crippen LogP contribution in [0.1, 0.15) is 19.5 Å². The van der Waals surface area contributed by atoms with E-state index in [4.69, 9.17) is 4.52 Å². The van der Waals surface area contributed by atoms with Crippen LogP contribution in [0.4, 0.5) is 5.13 Å². The van der Waals surface area contributed by atoms with Crippen molar-refractivity contribution >= 4 is 22.4 Å². The fraction of sp³-hybridized carbons (Fsp3) is 0.250. The van der Waals surface area contributed by atoms with Crippen LogP contribution in [-0.2, 0) is 4.79 Å². The number of nitrogens with one attached hydrogen (secondary N) is 1. The molecule has 1 aromatic carbocycles. The third kappa shape index (κ3) is 3.29. The van der Waals surface area contributed by atoms with Gasteiger partial charge in [0.15, 0.2) is 5.13 Å². The van der Waals surface area contributed by atoms with Crippen LogP contribution in [0.5, 0.6) is 0 Å². The molecule has 1 N–H and O–H groups in total. The maximum Gasteiger partial charge on any atom is 0.270 e. The number of hydrogen-bond donors (Lipinski definition) is 1. The second-order valence-corrected chi connectivity index (χ2v) is 6.37.